The SMILES string of the molecule is N#Cc1nc(F)cc(CN)c1C(F)F. The summed E-state index contributed by atoms with van der Waals surface area (Å²) in [5.74, 6) is -0.980. The molecule has 1 aromatic heterocycles. The minimum Gasteiger partial charge on any atom is -0.326 e. The smallest absolute Gasteiger partial charge is 0.266 e. The van der Waals surface area contributed by atoms with Gasteiger partial charge in [-0.1, -0.05) is 0 Å². The highest BCUT2D eigenvalue weighted by Crippen LogP contribution is 2.25. The second-order valence-electron chi connectivity index (χ2n) is 2.48. The summed E-state index contributed by atoms with van der Waals surface area (Å²) in [6.45, 7) is -0.256. The van der Waals surface area contributed by atoms with Gasteiger partial charge in [0.15, 0.2) is 5.69 Å². The summed E-state index contributed by atoms with van der Waals surface area (Å²) in [6, 6.07) is 2.21. The summed E-state index contributed by atoms with van der Waals surface area (Å²) in [5.41, 5.74) is 3.85. The zero-order valence-electron chi connectivity index (χ0n) is 6.97. The molecule has 0 saturated carbocycles. The van der Waals surface area contributed by atoms with Crippen molar-refractivity contribution < 1.29 is 13.2 Å². The van der Waals surface area contributed by atoms with Crippen molar-refractivity contribution in [1.82, 2.24) is 4.98 Å². The van der Waals surface area contributed by atoms with Gasteiger partial charge in [-0.05, 0) is 11.6 Å². The quantitative estimate of drug-likeness (QED) is 0.737. The minimum absolute atomic E-state index is 0.0935. The molecule has 0 fully saturated rings. The van der Waals surface area contributed by atoms with E-state index in [9.17, 15) is 13.2 Å². The molecule has 0 amide bonds. The van der Waals surface area contributed by atoms with Gasteiger partial charge in [0.2, 0.25) is 5.95 Å². The lowest BCUT2D eigenvalue weighted by Crippen LogP contribution is -2.07. The van der Waals surface area contributed by atoms with E-state index in [-0.39, 0.29) is 12.1 Å². The third kappa shape index (κ3) is 1.83. The summed E-state index contributed by atoms with van der Waals surface area (Å²) in [7, 11) is 0. The van der Waals surface area contributed by atoms with Gasteiger partial charge >= 0.3 is 0 Å². The highest BCUT2D eigenvalue weighted by molar-refractivity contribution is 5.38. The van der Waals surface area contributed by atoms with Crippen LogP contribution >= 0.6 is 0 Å². The number of hydrogen-bond donors (Lipinski definition) is 1. The lowest BCUT2D eigenvalue weighted by molar-refractivity contribution is 0.149. The molecule has 74 valence electrons. The van der Waals surface area contributed by atoms with Crippen LogP contribution in [0.3, 0.4) is 0 Å². The van der Waals surface area contributed by atoms with Crippen molar-refractivity contribution in [1.29, 1.82) is 5.26 Å². The van der Waals surface area contributed by atoms with Crippen LogP contribution in [0, 0.1) is 17.3 Å². The summed E-state index contributed by atoms with van der Waals surface area (Å²) < 4.78 is 37.5. The molecular weight excluding hydrogens is 195 g/mol. The number of nitriles is 1. The number of rotatable bonds is 2. The van der Waals surface area contributed by atoms with Crippen molar-refractivity contribution in [2.45, 2.75) is 13.0 Å². The summed E-state index contributed by atoms with van der Waals surface area (Å²) in [4.78, 5) is 3.06. The van der Waals surface area contributed by atoms with Crippen LogP contribution in [0.4, 0.5) is 13.2 Å². The fourth-order valence-corrected chi connectivity index (χ4v) is 1.07. The molecule has 0 aliphatic rings. The molecule has 2 N–H and O–H groups in total. The second-order valence-corrected chi connectivity index (χ2v) is 2.48. The van der Waals surface area contributed by atoms with Crippen LogP contribution in [-0.2, 0) is 6.54 Å². The Morgan fingerprint density at radius 2 is 2.21 bits per heavy atom. The van der Waals surface area contributed by atoms with Crippen molar-refractivity contribution >= 4 is 0 Å². The molecule has 1 rings (SSSR count). The number of hydrogen-bond acceptors (Lipinski definition) is 3. The lowest BCUT2D eigenvalue weighted by atomic mass is 10.1. The van der Waals surface area contributed by atoms with Crippen LogP contribution in [0.2, 0.25) is 0 Å². The van der Waals surface area contributed by atoms with Gasteiger partial charge in [0.25, 0.3) is 6.43 Å². The molecular formula is C8H6F3N3. The first-order valence-electron chi connectivity index (χ1n) is 3.67. The van der Waals surface area contributed by atoms with Crippen LogP contribution in [0.15, 0.2) is 6.07 Å². The third-order valence-corrected chi connectivity index (χ3v) is 1.66. The maximum Gasteiger partial charge on any atom is 0.266 e. The molecule has 6 heteroatoms. The van der Waals surface area contributed by atoms with Crippen molar-refractivity contribution in [3.63, 3.8) is 0 Å². The topological polar surface area (TPSA) is 62.7 Å². The van der Waals surface area contributed by atoms with Gasteiger partial charge in [-0.15, -0.1) is 0 Å². The summed E-state index contributed by atoms with van der Waals surface area (Å²) >= 11 is 0. The first kappa shape index (κ1) is 10.5. The first-order chi connectivity index (χ1) is 6.60. The van der Waals surface area contributed by atoms with Gasteiger partial charge in [0.05, 0.1) is 5.56 Å². The molecule has 1 heterocycles. The van der Waals surface area contributed by atoms with E-state index in [1.54, 1.807) is 0 Å². The molecule has 0 unspecified atom stereocenters. The van der Waals surface area contributed by atoms with E-state index < -0.39 is 23.6 Å². The van der Waals surface area contributed by atoms with Crippen LogP contribution in [0.5, 0.6) is 0 Å². The van der Waals surface area contributed by atoms with E-state index in [4.69, 9.17) is 11.0 Å². The molecule has 0 bridgehead atoms. The Morgan fingerprint density at radius 1 is 1.57 bits per heavy atom. The molecule has 0 aromatic carbocycles. The van der Waals surface area contributed by atoms with Crippen molar-refractivity contribution in [3.05, 3.63) is 28.8 Å². The number of pyridine rings is 1. The van der Waals surface area contributed by atoms with E-state index in [0.717, 1.165) is 6.07 Å². The molecule has 14 heavy (non-hydrogen) atoms. The first-order valence-corrected chi connectivity index (χ1v) is 3.67. The fraction of sp³-hybridized carbons (Fsp3) is 0.250. The Balaban J connectivity index is 3.42. The van der Waals surface area contributed by atoms with Crippen LogP contribution in [0.1, 0.15) is 23.2 Å². The Labute approximate surface area is 78.0 Å². The molecule has 0 spiro atoms. The highest BCUT2D eigenvalue weighted by atomic mass is 19.3. The number of alkyl halides is 2. The van der Waals surface area contributed by atoms with E-state index in [0.29, 0.717) is 0 Å². The van der Waals surface area contributed by atoms with Crippen molar-refractivity contribution in [2.24, 2.45) is 5.73 Å². The Morgan fingerprint density at radius 3 is 2.64 bits per heavy atom. The van der Waals surface area contributed by atoms with E-state index in [1.807, 2.05) is 0 Å². The molecule has 0 saturated heterocycles. The summed E-state index contributed by atoms with van der Waals surface area (Å²) in [5, 5.41) is 8.46. The van der Waals surface area contributed by atoms with Gasteiger partial charge in [-0.25, -0.2) is 13.8 Å². The van der Waals surface area contributed by atoms with Crippen LogP contribution in [0.25, 0.3) is 0 Å². The van der Waals surface area contributed by atoms with Gasteiger partial charge in [0, 0.05) is 6.54 Å². The number of halogens is 3. The monoisotopic (exact) mass is 201 g/mol. The molecule has 1 aromatic rings. The zero-order valence-corrected chi connectivity index (χ0v) is 6.97. The van der Waals surface area contributed by atoms with Crippen LogP contribution in [-0.4, -0.2) is 4.98 Å². The molecule has 0 radical (unpaired) electrons. The number of nitrogens with zero attached hydrogens (tertiary/aromatic N) is 2. The van der Waals surface area contributed by atoms with E-state index in [2.05, 4.69) is 4.98 Å². The van der Waals surface area contributed by atoms with Gasteiger partial charge < -0.3 is 5.73 Å². The van der Waals surface area contributed by atoms with Crippen molar-refractivity contribution in [3.8, 4) is 6.07 Å². The fourth-order valence-electron chi connectivity index (χ4n) is 1.07. The van der Waals surface area contributed by atoms with Crippen LogP contribution < -0.4 is 5.73 Å². The average molecular weight is 201 g/mol. The molecule has 0 aliphatic carbocycles. The largest absolute Gasteiger partial charge is 0.326 e. The van der Waals surface area contributed by atoms with Gasteiger partial charge in [-0.2, -0.15) is 9.65 Å². The Kier molecular flexibility index (Phi) is 3.04. The third-order valence-electron chi connectivity index (χ3n) is 1.66. The minimum atomic E-state index is -2.88. The van der Waals surface area contributed by atoms with Gasteiger partial charge in [-0.3, -0.25) is 0 Å². The normalized spacial score (nSPS) is 10.3. The summed E-state index contributed by atoms with van der Waals surface area (Å²) in [6.07, 6.45) is -2.88. The zero-order chi connectivity index (χ0) is 10.7. The maximum atomic E-state index is 12.7. The number of aromatic nitrogens is 1. The lowest BCUT2D eigenvalue weighted by Gasteiger charge is -2.07. The molecule has 3 nitrogen and oxygen atoms in total. The van der Waals surface area contributed by atoms with E-state index in [1.165, 1.54) is 6.07 Å². The standard InChI is InChI=1S/C8H6F3N3/c9-6-1-4(2-12)7(8(10)11)5(3-13)14-6/h1,8H,2,12H2. The Hall–Kier alpha value is -1.61. The predicted octanol–water partition coefficient (Wildman–Crippen LogP) is 1.49. The molecule has 0 atom stereocenters. The van der Waals surface area contributed by atoms with Gasteiger partial charge in [0.1, 0.15) is 6.07 Å². The Bertz CT molecular complexity index is 384. The predicted molar refractivity (Wildman–Crippen MR) is 41.8 cm³/mol. The van der Waals surface area contributed by atoms with Crippen molar-refractivity contribution in [2.75, 3.05) is 0 Å². The van der Waals surface area contributed by atoms with E-state index >= 15 is 0 Å². The maximum absolute atomic E-state index is 12.7. The number of nitrogens with two attached hydrogens (primary N) is 1. The molecule has 0 aliphatic heterocycles. The second kappa shape index (κ2) is 4.07. The average Bonchev–Trinajstić information content (AvgIpc) is 2.15. The highest BCUT2D eigenvalue weighted by Gasteiger charge is 2.19.